The van der Waals surface area contributed by atoms with Gasteiger partial charge in [-0.2, -0.15) is 4.40 Å². The van der Waals surface area contributed by atoms with Crippen molar-refractivity contribution in [1.82, 2.24) is 0 Å². The average molecular weight is 217 g/mol. The van der Waals surface area contributed by atoms with Gasteiger partial charge in [0, 0.05) is 5.71 Å². The van der Waals surface area contributed by atoms with E-state index in [1.165, 1.54) is 6.42 Å². The van der Waals surface area contributed by atoms with Crippen LogP contribution in [-0.2, 0) is 10.0 Å². The summed E-state index contributed by atoms with van der Waals surface area (Å²) >= 11 is 0. The minimum Gasteiger partial charge on any atom is -0.204 e. The third kappa shape index (κ3) is 2.80. The first-order valence-corrected chi connectivity index (χ1v) is 6.59. The molecule has 0 aromatic heterocycles. The molecule has 0 aromatic rings. The largest absolute Gasteiger partial charge is 0.257 e. The molecule has 1 aliphatic carbocycles. The number of hydrogen-bond acceptors (Lipinski definition) is 2. The molecular formula is C10H19NO2S. The summed E-state index contributed by atoms with van der Waals surface area (Å²) in [6, 6.07) is 0. The Morgan fingerprint density at radius 2 is 1.57 bits per heavy atom. The summed E-state index contributed by atoms with van der Waals surface area (Å²) in [4.78, 5) is 0. The zero-order valence-electron chi connectivity index (χ0n) is 9.21. The van der Waals surface area contributed by atoms with Crippen LogP contribution in [0.4, 0.5) is 0 Å². The first-order chi connectivity index (χ1) is 6.33. The van der Waals surface area contributed by atoms with Crippen LogP contribution in [0.1, 0.15) is 52.9 Å². The molecule has 3 nitrogen and oxygen atoms in total. The van der Waals surface area contributed by atoms with E-state index >= 15 is 0 Å². The van der Waals surface area contributed by atoms with Crippen LogP contribution in [0.3, 0.4) is 0 Å². The molecule has 0 aromatic carbocycles. The third-order valence-electron chi connectivity index (χ3n) is 2.45. The molecule has 0 heterocycles. The highest BCUT2D eigenvalue weighted by molar-refractivity contribution is 7.91. The van der Waals surface area contributed by atoms with Gasteiger partial charge < -0.3 is 0 Å². The van der Waals surface area contributed by atoms with E-state index in [4.69, 9.17) is 0 Å². The topological polar surface area (TPSA) is 46.5 Å². The van der Waals surface area contributed by atoms with Crippen LogP contribution in [0, 0.1) is 0 Å². The van der Waals surface area contributed by atoms with E-state index in [1.807, 2.05) is 0 Å². The molecule has 82 valence electrons. The SMILES string of the molecule is CC(C)(C)S(=O)(=O)N=C1CCCCC1. The van der Waals surface area contributed by atoms with Gasteiger partial charge in [-0.3, -0.25) is 0 Å². The molecule has 0 aliphatic heterocycles. The van der Waals surface area contributed by atoms with Gasteiger partial charge in [0.1, 0.15) is 0 Å². The fourth-order valence-corrected chi connectivity index (χ4v) is 2.15. The van der Waals surface area contributed by atoms with Crippen LogP contribution < -0.4 is 0 Å². The van der Waals surface area contributed by atoms with E-state index in [-0.39, 0.29) is 0 Å². The van der Waals surface area contributed by atoms with Crippen LogP contribution in [0.25, 0.3) is 0 Å². The van der Waals surface area contributed by atoms with Gasteiger partial charge in [-0.25, -0.2) is 8.42 Å². The molecular weight excluding hydrogens is 198 g/mol. The molecule has 0 saturated heterocycles. The maximum Gasteiger partial charge on any atom is 0.257 e. The number of hydrogen-bond donors (Lipinski definition) is 0. The Morgan fingerprint density at radius 1 is 1.07 bits per heavy atom. The zero-order valence-corrected chi connectivity index (χ0v) is 10.0. The van der Waals surface area contributed by atoms with Crippen LogP contribution >= 0.6 is 0 Å². The summed E-state index contributed by atoms with van der Waals surface area (Å²) in [5.41, 5.74) is 0.867. The lowest BCUT2D eigenvalue weighted by atomic mass is 9.99. The second kappa shape index (κ2) is 4.01. The second-order valence-corrected chi connectivity index (χ2v) is 7.16. The first-order valence-electron chi connectivity index (χ1n) is 5.15. The molecule has 1 saturated carbocycles. The molecule has 14 heavy (non-hydrogen) atoms. The fourth-order valence-electron chi connectivity index (χ4n) is 1.36. The molecule has 0 spiro atoms. The third-order valence-corrected chi connectivity index (χ3v) is 4.50. The molecule has 0 unspecified atom stereocenters. The molecule has 1 fully saturated rings. The van der Waals surface area contributed by atoms with E-state index in [9.17, 15) is 8.42 Å². The van der Waals surface area contributed by atoms with Gasteiger partial charge in [0.05, 0.1) is 4.75 Å². The molecule has 0 atom stereocenters. The van der Waals surface area contributed by atoms with Crippen molar-refractivity contribution < 1.29 is 8.42 Å². The number of sulfonamides is 1. The van der Waals surface area contributed by atoms with Crippen molar-refractivity contribution in [3.8, 4) is 0 Å². The second-order valence-electron chi connectivity index (χ2n) is 4.81. The van der Waals surface area contributed by atoms with E-state index in [0.29, 0.717) is 0 Å². The normalized spacial score (nSPS) is 19.5. The molecule has 1 aliphatic rings. The predicted octanol–water partition coefficient (Wildman–Crippen LogP) is 2.52. The lowest BCUT2D eigenvalue weighted by Gasteiger charge is -2.18. The highest BCUT2D eigenvalue weighted by atomic mass is 32.2. The summed E-state index contributed by atoms with van der Waals surface area (Å²) in [7, 11) is -3.31. The van der Waals surface area contributed by atoms with Crippen LogP contribution in [0.5, 0.6) is 0 Å². The summed E-state index contributed by atoms with van der Waals surface area (Å²) in [6.45, 7) is 5.07. The Morgan fingerprint density at radius 3 is 2.00 bits per heavy atom. The van der Waals surface area contributed by atoms with Crippen molar-refractivity contribution in [2.45, 2.75) is 57.6 Å². The highest BCUT2D eigenvalue weighted by Gasteiger charge is 2.29. The molecule has 0 amide bonds. The number of rotatable bonds is 1. The monoisotopic (exact) mass is 217 g/mol. The lowest BCUT2D eigenvalue weighted by Crippen LogP contribution is -2.27. The molecule has 0 N–H and O–H groups in total. The van der Waals surface area contributed by atoms with Crippen molar-refractivity contribution >= 4 is 15.7 Å². The van der Waals surface area contributed by atoms with Gasteiger partial charge in [-0.05, 0) is 46.5 Å². The minimum absolute atomic E-state index is 0.766. The van der Waals surface area contributed by atoms with E-state index in [1.54, 1.807) is 20.8 Å². The van der Waals surface area contributed by atoms with E-state index in [0.717, 1.165) is 31.4 Å². The van der Waals surface area contributed by atoms with Crippen molar-refractivity contribution in [2.75, 3.05) is 0 Å². The summed E-state index contributed by atoms with van der Waals surface area (Å²) in [5.74, 6) is 0. The van der Waals surface area contributed by atoms with Gasteiger partial charge >= 0.3 is 0 Å². The van der Waals surface area contributed by atoms with Crippen molar-refractivity contribution in [2.24, 2.45) is 4.40 Å². The summed E-state index contributed by atoms with van der Waals surface area (Å²) < 4.78 is 26.6. The summed E-state index contributed by atoms with van der Waals surface area (Å²) in [5, 5.41) is 0. The van der Waals surface area contributed by atoms with Crippen LogP contribution in [0.15, 0.2) is 4.40 Å². The van der Waals surface area contributed by atoms with Gasteiger partial charge in [-0.15, -0.1) is 0 Å². The van der Waals surface area contributed by atoms with Crippen molar-refractivity contribution in [3.05, 3.63) is 0 Å². The quantitative estimate of drug-likeness (QED) is 0.677. The number of nitrogens with zero attached hydrogens (tertiary/aromatic N) is 1. The van der Waals surface area contributed by atoms with Crippen molar-refractivity contribution in [3.63, 3.8) is 0 Å². The van der Waals surface area contributed by atoms with Gasteiger partial charge in [0.2, 0.25) is 0 Å². The van der Waals surface area contributed by atoms with Crippen LogP contribution in [0.2, 0.25) is 0 Å². The average Bonchev–Trinajstić information content (AvgIpc) is 2.03. The molecule has 4 heteroatoms. The van der Waals surface area contributed by atoms with Gasteiger partial charge in [0.15, 0.2) is 0 Å². The smallest absolute Gasteiger partial charge is 0.204 e. The maximum atomic E-state index is 11.7. The van der Waals surface area contributed by atoms with E-state index < -0.39 is 14.8 Å². The standard InChI is InChI=1S/C10H19NO2S/c1-10(2,3)14(12,13)11-9-7-5-4-6-8-9/h4-8H2,1-3H3. The Balaban J connectivity index is 2.85. The molecule has 0 radical (unpaired) electrons. The highest BCUT2D eigenvalue weighted by Crippen LogP contribution is 2.21. The van der Waals surface area contributed by atoms with Crippen molar-refractivity contribution in [1.29, 1.82) is 0 Å². The summed E-state index contributed by atoms with van der Waals surface area (Å²) in [6.07, 6.45) is 5.08. The van der Waals surface area contributed by atoms with Gasteiger partial charge in [-0.1, -0.05) is 6.42 Å². The minimum atomic E-state index is -3.31. The first kappa shape index (κ1) is 11.7. The molecule has 0 bridgehead atoms. The lowest BCUT2D eigenvalue weighted by molar-refractivity contribution is 0.561. The van der Waals surface area contributed by atoms with E-state index in [2.05, 4.69) is 4.40 Å². The Hall–Kier alpha value is -0.380. The van der Waals surface area contributed by atoms with Crippen LogP contribution in [-0.4, -0.2) is 18.9 Å². The Kier molecular flexibility index (Phi) is 3.35. The maximum absolute atomic E-state index is 11.7. The van der Waals surface area contributed by atoms with Gasteiger partial charge in [0.25, 0.3) is 10.0 Å². The zero-order chi connectivity index (χ0) is 10.8. The molecule has 1 rings (SSSR count). The Labute approximate surface area is 86.7 Å². The predicted molar refractivity (Wildman–Crippen MR) is 59.2 cm³/mol. The fraction of sp³-hybridized carbons (Fsp3) is 0.900. The Bertz CT molecular complexity index is 315.